The van der Waals surface area contributed by atoms with Crippen LogP contribution in [0, 0.1) is 0 Å². The van der Waals surface area contributed by atoms with E-state index in [0.29, 0.717) is 0 Å². The summed E-state index contributed by atoms with van der Waals surface area (Å²) < 4.78 is 0. The van der Waals surface area contributed by atoms with Crippen LogP contribution in [0.25, 0.3) is 0 Å². The fourth-order valence-corrected chi connectivity index (χ4v) is 2.58. The average molecular weight is 256 g/mol. The van der Waals surface area contributed by atoms with E-state index in [1.165, 1.54) is 11.3 Å². The van der Waals surface area contributed by atoms with Crippen LogP contribution in [-0.2, 0) is 6.54 Å². The van der Waals surface area contributed by atoms with E-state index in [9.17, 15) is 0 Å². The van der Waals surface area contributed by atoms with Crippen LogP contribution in [-0.4, -0.2) is 55.6 Å². The Labute approximate surface area is 109 Å². The summed E-state index contributed by atoms with van der Waals surface area (Å²) >= 11 is 1.75. The Morgan fingerprint density at radius 1 is 1.29 bits per heavy atom. The predicted molar refractivity (Wildman–Crippen MR) is 75.8 cm³/mol. The van der Waals surface area contributed by atoms with Gasteiger partial charge in [-0.15, -0.1) is 11.3 Å². The van der Waals surface area contributed by atoms with Gasteiger partial charge in [-0.1, -0.05) is 0 Å². The van der Waals surface area contributed by atoms with E-state index in [1.54, 1.807) is 11.3 Å². The maximum Gasteiger partial charge on any atom is 0.182 e. The molecule has 0 aliphatic carbocycles. The molecule has 0 spiro atoms. The first-order valence-corrected chi connectivity index (χ1v) is 6.95. The van der Waals surface area contributed by atoms with Crippen LogP contribution in [0.15, 0.2) is 6.20 Å². The normalized spacial score (nSPS) is 11.4. The third-order valence-corrected chi connectivity index (χ3v) is 3.39. The molecule has 1 aromatic heterocycles. The maximum absolute atomic E-state index is 4.34. The zero-order valence-electron chi connectivity index (χ0n) is 11.4. The minimum Gasteiger partial charge on any atom is -0.362 e. The first kappa shape index (κ1) is 14.4. The molecule has 0 unspecified atom stereocenters. The van der Waals surface area contributed by atoms with Crippen molar-refractivity contribution in [2.24, 2.45) is 0 Å². The zero-order valence-corrected chi connectivity index (χ0v) is 12.2. The van der Waals surface area contributed by atoms with Gasteiger partial charge in [0.25, 0.3) is 0 Å². The molecule has 0 aromatic carbocycles. The molecule has 0 aliphatic heterocycles. The Hall–Kier alpha value is -0.650. The number of nitrogens with zero attached hydrogens (tertiary/aromatic N) is 3. The summed E-state index contributed by atoms with van der Waals surface area (Å²) in [5.74, 6) is 0. The highest BCUT2D eigenvalue weighted by atomic mass is 32.1. The fourth-order valence-electron chi connectivity index (χ4n) is 1.62. The lowest BCUT2D eigenvalue weighted by molar-refractivity contribution is 0.296. The van der Waals surface area contributed by atoms with Gasteiger partial charge in [0.15, 0.2) is 5.13 Å². The molecule has 0 saturated heterocycles. The molecular formula is C12H24N4S. The highest BCUT2D eigenvalue weighted by molar-refractivity contribution is 7.15. The van der Waals surface area contributed by atoms with E-state index in [0.717, 1.165) is 31.3 Å². The smallest absolute Gasteiger partial charge is 0.182 e. The van der Waals surface area contributed by atoms with Gasteiger partial charge in [-0.3, -0.25) is 0 Å². The van der Waals surface area contributed by atoms with Crippen LogP contribution >= 0.6 is 11.3 Å². The highest BCUT2D eigenvalue weighted by Gasteiger charge is 2.04. The molecule has 4 nitrogen and oxygen atoms in total. The first-order chi connectivity index (χ1) is 8.11. The molecule has 0 aliphatic rings. The molecule has 0 atom stereocenters. The standard InChI is InChI=1S/C12H24N4S/c1-5-13-12-14-9-11(17-12)10-16(4)8-6-7-15(2)3/h9H,5-8,10H2,1-4H3,(H,13,14). The molecule has 0 bridgehead atoms. The summed E-state index contributed by atoms with van der Waals surface area (Å²) in [6, 6.07) is 0. The number of hydrogen-bond donors (Lipinski definition) is 1. The van der Waals surface area contributed by atoms with Crippen LogP contribution in [0.5, 0.6) is 0 Å². The second-order valence-electron chi connectivity index (χ2n) is 4.56. The summed E-state index contributed by atoms with van der Waals surface area (Å²) in [4.78, 5) is 10.2. The number of nitrogens with one attached hydrogen (secondary N) is 1. The summed E-state index contributed by atoms with van der Waals surface area (Å²) in [7, 11) is 6.40. The van der Waals surface area contributed by atoms with Gasteiger partial charge >= 0.3 is 0 Å². The van der Waals surface area contributed by atoms with Gasteiger partial charge in [-0.05, 0) is 47.6 Å². The van der Waals surface area contributed by atoms with Crippen LogP contribution in [0.1, 0.15) is 18.2 Å². The fraction of sp³-hybridized carbons (Fsp3) is 0.750. The number of aromatic nitrogens is 1. The summed E-state index contributed by atoms with van der Waals surface area (Å²) in [5.41, 5.74) is 0. The second kappa shape index (κ2) is 7.63. The molecule has 1 aromatic rings. The Morgan fingerprint density at radius 2 is 2.06 bits per heavy atom. The molecule has 0 amide bonds. The zero-order chi connectivity index (χ0) is 12.7. The minimum atomic E-state index is 0.936. The SMILES string of the molecule is CCNc1ncc(CN(C)CCCN(C)C)s1. The van der Waals surface area contributed by atoms with Gasteiger partial charge in [0, 0.05) is 24.2 Å². The molecule has 0 radical (unpaired) electrons. The number of hydrogen-bond acceptors (Lipinski definition) is 5. The largest absolute Gasteiger partial charge is 0.362 e. The van der Waals surface area contributed by atoms with E-state index < -0.39 is 0 Å². The van der Waals surface area contributed by atoms with Crippen molar-refractivity contribution in [2.75, 3.05) is 46.1 Å². The highest BCUT2D eigenvalue weighted by Crippen LogP contribution is 2.18. The lowest BCUT2D eigenvalue weighted by atomic mass is 10.3. The topological polar surface area (TPSA) is 31.4 Å². The summed E-state index contributed by atoms with van der Waals surface area (Å²) in [6.07, 6.45) is 3.19. The minimum absolute atomic E-state index is 0.936. The van der Waals surface area contributed by atoms with Crippen molar-refractivity contribution in [3.05, 3.63) is 11.1 Å². The average Bonchev–Trinajstić information content (AvgIpc) is 2.65. The van der Waals surface area contributed by atoms with E-state index >= 15 is 0 Å². The molecule has 98 valence electrons. The third kappa shape index (κ3) is 6.00. The van der Waals surface area contributed by atoms with Gasteiger partial charge in [-0.25, -0.2) is 4.98 Å². The van der Waals surface area contributed by atoms with Crippen molar-refractivity contribution >= 4 is 16.5 Å². The number of anilines is 1. The van der Waals surface area contributed by atoms with Gasteiger partial charge in [-0.2, -0.15) is 0 Å². The quantitative estimate of drug-likeness (QED) is 0.770. The predicted octanol–water partition coefficient (Wildman–Crippen LogP) is 1.96. The van der Waals surface area contributed by atoms with Crippen LogP contribution in [0.4, 0.5) is 5.13 Å². The van der Waals surface area contributed by atoms with Crippen LogP contribution < -0.4 is 5.32 Å². The van der Waals surface area contributed by atoms with E-state index in [-0.39, 0.29) is 0 Å². The van der Waals surface area contributed by atoms with E-state index in [4.69, 9.17) is 0 Å². The van der Waals surface area contributed by atoms with Crippen molar-refractivity contribution < 1.29 is 0 Å². The first-order valence-electron chi connectivity index (χ1n) is 6.13. The van der Waals surface area contributed by atoms with Crippen molar-refractivity contribution in [1.82, 2.24) is 14.8 Å². The van der Waals surface area contributed by atoms with Crippen LogP contribution in [0.3, 0.4) is 0 Å². The van der Waals surface area contributed by atoms with Crippen molar-refractivity contribution in [1.29, 1.82) is 0 Å². The molecular weight excluding hydrogens is 232 g/mol. The lowest BCUT2D eigenvalue weighted by Gasteiger charge is -2.16. The second-order valence-corrected chi connectivity index (χ2v) is 5.67. The Kier molecular flexibility index (Phi) is 6.47. The number of thiazole rings is 1. The molecule has 0 saturated carbocycles. The molecule has 17 heavy (non-hydrogen) atoms. The third-order valence-electron chi connectivity index (χ3n) is 2.45. The van der Waals surface area contributed by atoms with Gasteiger partial charge in [0.05, 0.1) is 0 Å². The van der Waals surface area contributed by atoms with Gasteiger partial charge in [0.1, 0.15) is 0 Å². The van der Waals surface area contributed by atoms with Gasteiger partial charge < -0.3 is 15.1 Å². The number of rotatable bonds is 8. The molecule has 1 rings (SSSR count). The summed E-state index contributed by atoms with van der Waals surface area (Å²) in [6.45, 7) is 6.30. The molecule has 1 N–H and O–H groups in total. The maximum atomic E-state index is 4.34. The lowest BCUT2D eigenvalue weighted by Crippen LogP contribution is -2.23. The van der Waals surface area contributed by atoms with E-state index in [2.05, 4.69) is 48.2 Å². The van der Waals surface area contributed by atoms with Crippen molar-refractivity contribution in [3.8, 4) is 0 Å². The molecule has 0 fully saturated rings. The monoisotopic (exact) mass is 256 g/mol. The van der Waals surface area contributed by atoms with Crippen molar-refractivity contribution in [2.45, 2.75) is 19.9 Å². The van der Waals surface area contributed by atoms with Crippen molar-refractivity contribution in [3.63, 3.8) is 0 Å². The molecule has 5 heteroatoms. The van der Waals surface area contributed by atoms with Crippen LogP contribution in [0.2, 0.25) is 0 Å². The van der Waals surface area contributed by atoms with Gasteiger partial charge in [0.2, 0.25) is 0 Å². The molecule has 1 heterocycles. The summed E-state index contributed by atoms with van der Waals surface area (Å²) in [5, 5.41) is 4.27. The Bertz CT molecular complexity index is 311. The van der Waals surface area contributed by atoms with E-state index in [1.807, 2.05) is 6.20 Å². The Balaban J connectivity index is 2.26. The Morgan fingerprint density at radius 3 is 2.71 bits per heavy atom.